The number of nitrogens with two attached hydrogens (primary N) is 1. The molecule has 48 heavy (non-hydrogen) atoms. The average molecular weight is 690 g/mol. The van der Waals surface area contributed by atoms with Crippen LogP contribution in [0.4, 0.5) is 42.8 Å². The molecular weight excluding hydrogens is 660 g/mol. The largest absolute Gasteiger partial charge is 0.462 e. The Morgan fingerprint density at radius 3 is 2.62 bits per heavy atom. The van der Waals surface area contributed by atoms with Crippen LogP contribution < -0.4 is 15.4 Å². The number of benzene rings is 2. The lowest BCUT2D eigenvalue weighted by Gasteiger charge is -2.28. The number of anilines is 2. The lowest BCUT2D eigenvalue weighted by atomic mass is 9.94. The van der Waals surface area contributed by atoms with Crippen molar-refractivity contribution >= 4 is 54.7 Å². The lowest BCUT2D eigenvalue weighted by molar-refractivity contribution is -0.137. The topological polar surface area (TPSA) is 92.2 Å². The number of rotatable bonds is 7. The third-order valence-corrected chi connectivity index (χ3v) is 9.89. The summed E-state index contributed by atoms with van der Waals surface area (Å²) in [5, 5.41) is -0.211. The number of carbonyl (C=O) groups excluding carboxylic acids is 1. The standard InChI is InChI=1S/C32H29F6N7O2S/c1-5-25(46)45-12-22(35)24(13-45)44(4)30-19-9-20(32(36,37)38)18(17-6-7-21(34)28-26(17)27(40-2)29(39)48-28)10-23(19)41-31(42-30)47-14-16-8-15(33)11-43(16)3/h5-7,9-10,15-16,22,24H,1,8,11-14,39H2,3-4H3. The number of likely N-dealkylation sites (tertiary alicyclic amines) is 2. The molecule has 0 radical (unpaired) electrons. The quantitative estimate of drug-likeness (QED) is 0.137. The predicted molar refractivity (Wildman–Crippen MR) is 171 cm³/mol. The summed E-state index contributed by atoms with van der Waals surface area (Å²) in [5.74, 6) is -1.34. The summed E-state index contributed by atoms with van der Waals surface area (Å²) in [6.07, 6.45) is -6.34. The highest BCUT2D eigenvalue weighted by molar-refractivity contribution is 7.23. The zero-order chi connectivity index (χ0) is 34.7. The summed E-state index contributed by atoms with van der Waals surface area (Å²) in [7, 11) is 3.18. The Kier molecular flexibility index (Phi) is 8.63. The zero-order valence-corrected chi connectivity index (χ0v) is 26.5. The number of carbonyl (C=O) groups is 1. The molecule has 4 unspecified atom stereocenters. The second kappa shape index (κ2) is 12.4. The Morgan fingerprint density at radius 2 is 1.98 bits per heavy atom. The van der Waals surface area contributed by atoms with Crippen LogP contribution in [-0.2, 0) is 11.0 Å². The smallest absolute Gasteiger partial charge is 0.417 e. The highest BCUT2D eigenvalue weighted by atomic mass is 32.1. The fourth-order valence-electron chi connectivity index (χ4n) is 6.39. The fourth-order valence-corrected chi connectivity index (χ4v) is 7.33. The first kappa shape index (κ1) is 33.3. The van der Waals surface area contributed by atoms with Gasteiger partial charge in [-0.1, -0.05) is 12.6 Å². The first-order valence-corrected chi connectivity index (χ1v) is 15.6. The van der Waals surface area contributed by atoms with E-state index >= 15 is 4.39 Å². The number of ether oxygens (including phenoxy) is 1. The molecule has 4 heterocycles. The van der Waals surface area contributed by atoms with E-state index in [1.54, 1.807) is 11.9 Å². The molecule has 4 aromatic rings. The number of likely N-dealkylation sites (N-methyl/N-ethyl adjacent to an activating group) is 2. The summed E-state index contributed by atoms with van der Waals surface area (Å²) < 4.78 is 94.7. The molecule has 0 spiro atoms. The predicted octanol–water partition coefficient (Wildman–Crippen LogP) is 6.39. The first-order chi connectivity index (χ1) is 22.7. The normalized spacial score (nSPS) is 21.6. The Hall–Kier alpha value is -4.62. The maximum Gasteiger partial charge on any atom is 0.417 e. The molecule has 9 nitrogen and oxygen atoms in total. The fraction of sp³-hybridized carbons (Fsp3) is 0.375. The van der Waals surface area contributed by atoms with Crippen LogP contribution in [0.3, 0.4) is 0 Å². The molecule has 2 aliphatic heterocycles. The lowest BCUT2D eigenvalue weighted by Crippen LogP contribution is -2.40. The van der Waals surface area contributed by atoms with Gasteiger partial charge in [-0.05, 0) is 48.9 Å². The number of hydrogen-bond donors (Lipinski definition) is 1. The van der Waals surface area contributed by atoms with Crippen molar-refractivity contribution in [3.63, 3.8) is 0 Å². The molecule has 252 valence electrons. The molecule has 4 atom stereocenters. The summed E-state index contributed by atoms with van der Waals surface area (Å²) in [6, 6.07) is 2.57. The van der Waals surface area contributed by atoms with Gasteiger partial charge in [0.1, 0.15) is 30.6 Å². The molecule has 2 aromatic carbocycles. The summed E-state index contributed by atoms with van der Waals surface area (Å²) in [5.41, 5.74) is 4.14. The number of nitrogens with zero attached hydrogens (tertiary/aromatic N) is 6. The molecular formula is C32H29F6N7O2S. The van der Waals surface area contributed by atoms with E-state index in [1.807, 2.05) is 0 Å². The van der Waals surface area contributed by atoms with E-state index in [-0.39, 0.29) is 87.8 Å². The van der Waals surface area contributed by atoms with Crippen molar-refractivity contribution in [3.05, 3.63) is 59.7 Å². The maximum absolute atomic E-state index is 15.4. The van der Waals surface area contributed by atoms with E-state index in [4.69, 9.17) is 17.0 Å². The minimum Gasteiger partial charge on any atom is -0.462 e. The second-order valence-electron chi connectivity index (χ2n) is 11.8. The Balaban J connectivity index is 1.55. The molecule has 2 aromatic heterocycles. The van der Waals surface area contributed by atoms with Crippen LogP contribution in [-0.4, -0.2) is 90.4 Å². The zero-order valence-electron chi connectivity index (χ0n) is 25.7. The monoisotopic (exact) mass is 689 g/mol. The molecule has 2 fully saturated rings. The third kappa shape index (κ3) is 5.85. The van der Waals surface area contributed by atoms with E-state index in [2.05, 4.69) is 21.4 Å². The Labute approximate surface area is 275 Å². The van der Waals surface area contributed by atoms with Gasteiger partial charge in [-0.2, -0.15) is 23.1 Å². The van der Waals surface area contributed by atoms with Crippen LogP contribution in [0.15, 0.2) is 36.9 Å². The van der Waals surface area contributed by atoms with Crippen LogP contribution in [0.5, 0.6) is 6.01 Å². The van der Waals surface area contributed by atoms with Crippen LogP contribution in [0.1, 0.15) is 12.0 Å². The van der Waals surface area contributed by atoms with Crippen LogP contribution in [0.25, 0.3) is 37.0 Å². The molecule has 0 aliphatic carbocycles. The summed E-state index contributed by atoms with van der Waals surface area (Å²) in [6.45, 7) is 10.9. The van der Waals surface area contributed by atoms with Crippen molar-refractivity contribution < 1.29 is 35.9 Å². The number of aromatic nitrogens is 2. The van der Waals surface area contributed by atoms with E-state index in [0.717, 1.165) is 41.7 Å². The third-order valence-electron chi connectivity index (χ3n) is 8.87. The Morgan fingerprint density at radius 1 is 1.23 bits per heavy atom. The molecule has 16 heteroatoms. The van der Waals surface area contributed by atoms with Gasteiger partial charge in [0, 0.05) is 37.0 Å². The maximum atomic E-state index is 15.4. The van der Waals surface area contributed by atoms with Gasteiger partial charge in [-0.15, -0.1) is 11.3 Å². The van der Waals surface area contributed by atoms with Crippen molar-refractivity contribution in [2.45, 2.75) is 37.0 Å². The van der Waals surface area contributed by atoms with Gasteiger partial charge in [-0.3, -0.25) is 9.69 Å². The highest BCUT2D eigenvalue weighted by Gasteiger charge is 2.40. The van der Waals surface area contributed by atoms with Crippen molar-refractivity contribution in [2.24, 2.45) is 0 Å². The van der Waals surface area contributed by atoms with Gasteiger partial charge in [0.25, 0.3) is 0 Å². The van der Waals surface area contributed by atoms with E-state index in [1.165, 1.54) is 16.8 Å². The Bertz CT molecular complexity index is 1980. The van der Waals surface area contributed by atoms with Gasteiger partial charge in [0.05, 0.1) is 39.9 Å². The van der Waals surface area contributed by atoms with Gasteiger partial charge in [0.15, 0.2) is 0 Å². The molecule has 2 aliphatic rings. The molecule has 0 bridgehead atoms. The van der Waals surface area contributed by atoms with Gasteiger partial charge in [-0.25, -0.2) is 18.0 Å². The van der Waals surface area contributed by atoms with Gasteiger partial charge in [0.2, 0.25) is 11.6 Å². The summed E-state index contributed by atoms with van der Waals surface area (Å²) in [4.78, 5) is 28.8. The number of halogens is 6. The molecule has 1 amide bonds. The number of thiophene rings is 1. The van der Waals surface area contributed by atoms with Crippen molar-refractivity contribution in [3.8, 4) is 17.1 Å². The van der Waals surface area contributed by atoms with Crippen molar-refractivity contribution in [1.82, 2.24) is 19.8 Å². The van der Waals surface area contributed by atoms with Gasteiger partial charge < -0.3 is 20.3 Å². The van der Waals surface area contributed by atoms with Gasteiger partial charge >= 0.3 is 12.2 Å². The number of fused-ring (bicyclic) bond motifs is 2. The second-order valence-corrected chi connectivity index (χ2v) is 12.9. The van der Waals surface area contributed by atoms with E-state index in [0.29, 0.717) is 0 Å². The molecule has 6 rings (SSSR count). The average Bonchev–Trinajstić information content (AvgIpc) is 3.70. The van der Waals surface area contributed by atoms with Crippen molar-refractivity contribution in [2.75, 3.05) is 51.0 Å². The number of alkyl halides is 5. The number of nitrogen functional groups attached to an aromatic ring is 1. The van der Waals surface area contributed by atoms with E-state index < -0.39 is 47.4 Å². The highest BCUT2D eigenvalue weighted by Crippen LogP contribution is 2.49. The molecule has 2 N–H and O–H groups in total. The minimum atomic E-state index is -4.95. The van der Waals surface area contributed by atoms with Crippen molar-refractivity contribution in [1.29, 1.82) is 0 Å². The number of hydrogen-bond acceptors (Lipinski definition) is 8. The number of amides is 1. The van der Waals surface area contributed by atoms with E-state index in [9.17, 15) is 26.7 Å². The minimum absolute atomic E-state index is 0.0227. The van der Waals surface area contributed by atoms with Crippen LogP contribution >= 0.6 is 11.3 Å². The van der Waals surface area contributed by atoms with Crippen LogP contribution in [0.2, 0.25) is 0 Å². The molecule has 2 saturated heterocycles. The summed E-state index contributed by atoms with van der Waals surface area (Å²) >= 11 is 0.757. The SMILES string of the molecule is [C-]#[N+]c1c(N)sc2c(F)ccc(-c3cc4nc(OCC5CC(F)CN5C)nc(N(C)C5CN(C(=O)C=C)CC5F)c4cc3C(F)(F)F)c12. The first-order valence-electron chi connectivity index (χ1n) is 14.8. The molecule has 0 saturated carbocycles. The van der Waals surface area contributed by atoms with Crippen LogP contribution in [0, 0.1) is 12.4 Å².